The van der Waals surface area contributed by atoms with E-state index in [1.165, 1.54) is 6.08 Å². The minimum atomic E-state index is -0.848. The molecule has 0 bridgehead atoms. The molecule has 0 atom stereocenters. The molecule has 1 aliphatic heterocycles. The first-order chi connectivity index (χ1) is 18.7. The lowest BCUT2D eigenvalue weighted by Crippen LogP contribution is -2.54. The number of carbonyl (C=O) groups excluding carboxylic acids is 3. The van der Waals surface area contributed by atoms with E-state index in [1.54, 1.807) is 60.7 Å². The van der Waals surface area contributed by atoms with E-state index in [9.17, 15) is 14.4 Å². The Labute approximate surface area is 236 Å². The Morgan fingerprint density at radius 3 is 2.33 bits per heavy atom. The van der Waals surface area contributed by atoms with Gasteiger partial charge in [-0.2, -0.15) is 0 Å². The van der Waals surface area contributed by atoms with Crippen molar-refractivity contribution in [3.63, 3.8) is 0 Å². The Morgan fingerprint density at radius 1 is 0.923 bits per heavy atom. The van der Waals surface area contributed by atoms with E-state index in [4.69, 9.17) is 37.4 Å². The van der Waals surface area contributed by atoms with E-state index in [-0.39, 0.29) is 24.0 Å². The second kappa shape index (κ2) is 12.2. The van der Waals surface area contributed by atoms with Gasteiger partial charge in [0, 0.05) is 15.6 Å². The van der Waals surface area contributed by atoms with Crippen LogP contribution in [0.4, 0.5) is 10.5 Å². The fourth-order valence-electron chi connectivity index (χ4n) is 3.78. The Hall–Kier alpha value is -4.01. The number of urea groups is 1. The van der Waals surface area contributed by atoms with E-state index >= 15 is 0 Å². The van der Waals surface area contributed by atoms with Crippen molar-refractivity contribution < 1.29 is 28.6 Å². The maximum atomic E-state index is 13.3. The summed E-state index contributed by atoms with van der Waals surface area (Å²) in [6.07, 6.45) is 1.34. The minimum Gasteiger partial charge on any atom is -0.490 e. The lowest BCUT2D eigenvalue weighted by molar-refractivity contribution is -0.122. The van der Waals surface area contributed by atoms with Crippen molar-refractivity contribution in [2.75, 3.05) is 11.5 Å². The van der Waals surface area contributed by atoms with Gasteiger partial charge in [-0.15, -0.1) is 0 Å². The van der Waals surface area contributed by atoms with E-state index in [2.05, 4.69) is 5.32 Å². The van der Waals surface area contributed by atoms with Gasteiger partial charge in [-0.05, 0) is 80.9 Å². The molecular weight excluding hydrogens is 543 g/mol. The molecular formula is C29H26Cl2N2O6. The molecule has 1 N–H and O–H groups in total. The van der Waals surface area contributed by atoms with Crippen LogP contribution >= 0.6 is 23.2 Å². The SMILES string of the molecule is CCOc1cc(/C=C2\C(=O)NC(=O)N(c3ccc(OCc4ccc(Cl)cc4Cl)cc3)C2=O)ccc1OC(C)C. The zero-order valence-electron chi connectivity index (χ0n) is 21.5. The second-order valence-electron chi connectivity index (χ2n) is 8.78. The van der Waals surface area contributed by atoms with Gasteiger partial charge in [0.2, 0.25) is 0 Å². The topological polar surface area (TPSA) is 94.2 Å². The third-order valence-corrected chi connectivity index (χ3v) is 6.13. The quantitative estimate of drug-likeness (QED) is 0.236. The molecule has 0 aromatic heterocycles. The van der Waals surface area contributed by atoms with Crippen LogP contribution < -0.4 is 24.4 Å². The van der Waals surface area contributed by atoms with E-state index in [1.807, 2.05) is 20.8 Å². The van der Waals surface area contributed by atoms with Gasteiger partial charge in [-0.1, -0.05) is 35.3 Å². The molecule has 8 nitrogen and oxygen atoms in total. The van der Waals surface area contributed by atoms with Crippen molar-refractivity contribution in [2.45, 2.75) is 33.5 Å². The zero-order chi connectivity index (χ0) is 28.1. The highest BCUT2D eigenvalue weighted by Gasteiger charge is 2.36. The van der Waals surface area contributed by atoms with E-state index in [0.29, 0.717) is 39.5 Å². The van der Waals surface area contributed by atoms with Crippen molar-refractivity contribution >= 4 is 52.8 Å². The average molecular weight is 569 g/mol. The Kier molecular flexibility index (Phi) is 8.79. The van der Waals surface area contributed by atoms with Gasteiger partial charge in [-0.3, -0.25) is 14.9 Å². The number of anilines is 1. The lowest BCUT2D eigenvalue weighted by atomic mass is 10.1. The summed E-state index contributed by atoms with van der Waals surface area (Å²) in [6.45, 7) is 6.24. The van der Waals surface area contributed by atoms with Crippen LogP contribution in [0.1, 0.15) is 31.9 Å². The normalized spacial score (nSPS) is 14.6. The molecule has 0 radical (unpaired) electrons. The van der Waals surface area contributed by atoms with Crippen molar-refractivity contribution in [1.29, 1.82) is 0 Å². The molecule has 0 aliphatic carbocycles. The van der Waals surface area contributed by atoms with Crippen molar-refractivity contribution in [2.24, 2.45) is 0 Å². The second-order valence-corrected chi connectivity index (χ2v) is 9.63. The van der Waals surface area contributed by atoms with Gasteiger partial charge in [0.05, 0.1) is 18.4 Å². The molecule has 10 heteroatoms. The number of imide groups is 2. The van der Waals surface area contributed by atoms with E-state index < -0.39 is 17.8 Å². The molecule has 39 heavy (non-hydrogen) atoms. The van der Waals surface area contributed by atoms with Crippen LogP contribution in [0.3, 0.4) is 0 Å². The summed E-state index contributed by atoms with van der Waals surface area (Å²) in [6, 6.07) is 15.7. The van der Waals surface area contributed by atoms with Crippen LogP contribution in [0.15, 0.2) is 66.2 Å². The first kappa shape index (κ1) is 28.0. The first-order valence-electron chi connectivity index (χ1n) is 12.2. The van der Waals surface area contributed by atoms with Crippen LogP contribution in [0, 0.1) is 0 Å². The molecule has 0 spiro atoms. The number of ether oxygens (including phenoxy) is 3. The summed E-state index contributed by atoms with van der Waals surface area (Å²) < 4.78 is 17.2. The van der Waals surface area contributed by atoms with E-state index in [0.717, 1.165) is 10.5 Å². The highest BCUT2D eigenvalue weighted by molar-refractivity contribution is 6.39. The number of nitrogens with zero attached hydrogens (tertiary/aromatic N) is 1. The fourth-order valence-corrected chi connectivity index (χ4v) is 4.25. The molecule has 3 aromatic carbocycles. The maximum Gasteiger partial charge on any atom is 0.335 e. The summed E-state index contributed by atoms with van der Waals surface area (Å²) >= 11 is 12.1. The number of amides is 4. The maximum absolute atomic E-state index is 13.3. The van der Waals surface area contributed by atoms with Gasteiger partial charge < -0.3 is 14.2 Å². The van der Waals surface area contributed by atoms with Crippen LogP contribution in [0.25, 0.3) is 6.08 Å². The molecule has 3 aromatic rings. The Balaban J connectivity index is 1.54. The number of hydrogen-bond donors (Lipinski definition) is 1. The van der Waals surface area contributed by atoms with Crippen LogP contribution in [-0.2, 0) is 16.2 Å². The third kappa shape index (κ3) is 6.71. The monoisotopic (exact) mass is 568 g/mol. The van der Waals surface area contributed by atoms with Gasteiger partial charge in [0.15, 0.2) is 11.5 Å². The Morgan fingerprint density at radius 2 is 1.67 bits per heavy atom. The third-order valence-electron chi connectivity index (χ3n) is 5.55. The van der Waals surface area contributed by atoms with Crippen molar-refractivity contribution in [1.82, 2.24) is 5.32 Å². The van der Waals surface area contributed by atoms with Crippen molar-refractivity contribution in [3.8, 4) is 17.2 Å². The highest BCUT2D eigenvalue weighted by atomic mass is 35.5. The van der Waals surface area contributed by atoms with Gasteiger partial charge in [-0.25, -0.2) is 9.69 Å². The number of nitrogens with one attached hydrogen (secondary N) is 1. The number of rotatable bonds is 9. The largest absolute Gasteiger partial charge is 0.490 e. The summed E-state index contributed by atoms with van der Waals surface area (Å²) in [5.74, 6) is -0.0283. The highest BCUT2D eigenvalue weighted by Crippen LogP contribution is 2.31. The predicted molar refractivity (Wildman–Crippen MR) is 150 cm³/mol. The molecule has 1 saturated heterocycles. The number of halogens is 2. The minimum absolute atomic E-state index is 0.0642. The van der Waals surface area contributed by atoms with Gasteiger partial charge in [0.1, 0.15) is 17.9 Å². The van der Waals surface area contributed by atoms with Crippen molar-refractivity contribution in [3.05, 3.63) is 87.4 Å². The molecule has 1 aliphatic rings. The number of hydrogen-bond acceptors (Lipinski definition) is 6. The van der Waals surface area contributed by atoms with Crippen LogP contribution in [-0.4, -0.2) is 30.6 Å². The van der Waals surface area contributed by atoms with Crippen LogP contribution in [0.2, 0.25) is 10.0 Å². The number of carbonyl (C=O) groups is 3. The molecule has 4 amide bonds. The summed E-state index contributed by atoms with van der Waals surface area (Å²) in [5, 5.41) is 3.23. The summed E-state index contributed by atoms with van der Waals surface area (Å²) in [5.41, 5.74) is 1.35. The summed E-state index contributed by atoms with van der Waals surface area (Å²) in [4.78, 5) is 39.4. The van der Waals surface area contributed by atoms with Crippen LogP contribution in [0.5, 0.6) is 17.2 Å². The number of benzene rings is 3. The first-order valence-corrected chi connectivity index (χ1v) is 12.9. The molecule has 202 valence electrons. The molecule has 1 fully saturated rings. The molecule has 0 saturated carbocycles. The summed E-state index contributed by atoms with van der Waals surface area (Å²) in [7, 11) is 0. The molecule has 1 heterocycles. The predicted octanol–water partition coefficient (Wildman–Crippen LogP) is 6.42. The molecule has 4 rings (SSSR count). The smallest absolute Gasteiger partial charge is 0.335 e. The van der Waals surface area contributed by atoms with Gasteiger partial charge in [0.25, 0.3) is 11.8 Å². The zero-order valence-corrected chi connectivity index (χ0v) is 23.0. The number of barbiturate groups is 1. The average Bonchev–Trinajstić information content (AvgIpc) is 2.88. The lowest BCUT2D eigenvalue weighted by Gasteiger charge is -2.26. The molecule has 0 unspecified atom stereocenters. The van der Waals surface area contributed by atoms with Gasteiger partial charge >= 0.3 is 6.03 Å². The fraction of sp³-hybridized carbons (Fsp3) is 0.207. The standard InChI is InChI=1S/C29H26Cl2N2O6/c1-4-37-26-14-18(5-12-25(26)39-17(2)3)13-23-27(34)32-29(36)33(28(23)35)21-8-10-22(11-9-21)38-16-19-6-7-20(30)15-24(19)31/h5-15,17H,4,16H2,1-3H3,(H,32,34,36)/b23-13+. The Bertz CT molecular complexity index is 1440.